The molecule has 0 aromatic heterocycles. The first kappa shape index (κ1) is 7.43. The molecule has 1 amide bonds. The van der Waals surface area contributed by atoms with Gasteiger partial charge in [-0.2, -0.15) is 0 Å². The van der Waals surface area contributed by atoms with Crippen LogP contribution in [0.4, 0.5) is 0 Å². The first-order valence-electron chi connectivity index (χ1n) is 6.06. The van der Waals surface area contributed by atoms with E-state index in [9.17, 15) is 9.59 Å². The molecule has 0 spiro atoms. The fourth-order valence-electron chi connectivity index (χ4n) is 2.95. The van der Waals surface area contributed by atoms with Gasteiger partial charge in [0.15, 0.2) is 0 Å². The number of ketones is 1. The zero-order valence-electron chi connectivity index (χ0n) is 10.8. The molecule has 2 aliphatic heterocycles. The lowest BCUT2D eigenvalue weighted by molar-refractivity contribution is -0.146. The average Bonchev–Trinajstić information content (AvgIpc) is 2.20. The second-order valence-electron chi connectivity index (χ2n) is 4.79. The molecule has 3 heteroatoms. The fourth-order valence-corrected chi connectivity index (χ4v) is 2.95. The Bertz CT molecular complexity index is 347. The second kappa shape index (κ2) is 2.59. The minimum atomic E-state index is -0.789. The molecule has 4 atom stereocenters. The van der Waals surface area contributed by atoms with E-state index in [0.29, 0.717) is 0 Å². The molecule has 0 radical (unpaired) electrons. The van der Waals surface area contributed by atoms with Crippen molar-refractivity contribution in [2.24, 2.45) is 0 Å². The summed E-state index contributed by atoms with van der Waals surface area (Å²) in [6, 6.07) is 0. The lowest BCUT2D eigenvalue weighted by Crippen LogP contribution is -2.58. The number of rotatable bonds is 0. The smallest absolute Gasteiger partial charge is 0.220 e. The summed E-state index contributed by atoms with van der Waals surface area (Å²) < 4.78 is 16.1. The molecule has 2 saturated heterocycles. The van der Waals surface area contributed by atoms with Gasteiger partial charge in [0.1, 0.15) is 5.78 Å². The maximum absolute atomic E-state index is 11.7. The monoisotopic (exact) mass is 197 g/mol. The van der Waals surface area contributed by atoms with Crippen LogP contribution < -0.4 is 0 Å². The van der Waals surface area contributed by atoms with Crippen molar-refractivity contribution in [3.8, 4) is 0 Å². The van der Waals surface area contributed by atoms with Crippen molar-refractivity contribution in [3.63, 3.8) is 0 Å². The molecule has 4 unspecified atom stereocenters. The Morgan fingerprint density at radius 2 is 1.79 bits per heavy atom. The van der Waals surface area contributed by atoms with Crippen LogP contribution in [0.5, 0.6) is 0 Å². The lowest BCUT2D eigenvalue weighted by atomic mass is 9.84. The van der Waals surface area contributed by atoms with E-state index < -0.39 is 23.9 Å². The highest BCUT2D eigenvalue weighted by Crippen LogP contribution is 2.48. The second-order valence-corrected chi connectivity index (χ2v) is 4.79. The van der Waals surface area contributed by atoms with Crippen LogP contribution in [0.2, 0.25) is 0 Å². The largest absolute Gasteiger partial charge is 0.331 e. The molecule has 0 N–H and O–H groups in total. The van der Waals surface area contributed by atoms with E-state index in [1.807, 2.05) is 0 Å². The molecular weight excluding hydrogens is 178 g/mol. The molecule has 0 aromatic rings. The number of nitrogens with zero attached hydrogens (tertiary/aromatic N) is 1. The van der Waals surface area contributed by atoms with E-state index >= 15 is 0 Å². The van der Waals surface area contributed by atoms with Gasteiger partial charge in [0, 0.05) is 33.6 Å². The zero-order valence-corrected chi connectivity index (χ0v) is 8.83. The van der Waals surface area contributed by atoms with Crippen LogP contribution in [0.3, 0.4) is 0 Å². The van der Waals surface area contributed by atoms with Crippen molar-refractivity contribution < 1.29 is 12.3 Å². The molecular formula is C11H17NO2. The SMILES string of the molecule is [2H]C1C([2H])C2(C)CC(=O)CC1(C)N2C(C)=O. The van der Waals surface area contributed by atoms with Gasteiger partial charge < -0.3 is 4.90 Å². The number of hydrogen-bond donors (Lipinski definition) is 0. The Balaban J connectivity index is 2.56. The molecule has 0 aromatic carbocycles. The van der Waals surface area contributed by atoms with E-state index in [-0.39, 0.29) is 24.5 Å². The first-order chi connectivity index (χ1) is 7.23. The maximum Gasteiger partial charge on any atom is 0.220 e. The predicted octanol–water partition coefficient (Wildman–Crippen LogP) is 1.51. The van der Waals surface area contributed by atoms with E-state index in [1.54, 1.807) is 18.7 Å². The van der Waals surface area contributed by atoms with E-state index in [2.05, 4.69) is 0 Å². The molecule has 0 aliphatic carbocycles. The van der Waals surface area contributed by atoms with Crippen molar-refractivity contribution in [2.45, 2.75) is 57.5 Å². The molecule has 14 heavy (non-hydrogen) atoms. The van der Waals surface area contributed by atoms with Gasteiger partial charge in [0.2, 0.25) is 5.91 Å². The van der Waals surface area contributed by atoms with Crippen LogP contribution in [0, 0.1) is 0 Å². The molecule has 2 bridgehead atoms. The summed E-state index contributed by atoms with van der Waals surface area (Å²) in [7, 11) is 0. The third-order valence-corrected chi connectivity index (χ3v) is 3.25. The summed E-state index contributed by atoms with van der Waals surface area (Å²) in [5.74, 6) is -0.0704. The molecule has 3 nitrogen and oxygen atoms in total. The average molecular weight is 197 g/mol. The van der Waals surface area contributed by atoms with Gasteiger partial charge >= 0.3 is 0 Å². The van der Waals surface area contributed by atoms with E-state index in [0.717, 1.165) is 0 Å². The highest BCUT2D eigenvalue weighted by atomic mass is 16.2. The van der Waals surface area contributed by atoms with Gasteiger partial charge in [-0.3, -0.25) is 9.59 Å². The van der Waals surface area contributed by atoms with Crippen molar-refractivity contribution >= 4 is 11.7 Å². The number of hydrogen-bond acceptors (Lipinski definition) is 2. The van der Waals surface area contributed by atoms with E-state index in [4.69, 9.17) is 2.74 Å². The normalized spacial score (nSPS) is 54.2. The van der Waals surface area contributed by atoms with Crippen LogP contribution in [-0.4, -0.2) is 27.7 Å². The fraction of sp³-hybridized carbons (Fsp3) is 0.818. The number of piperidine rings is 1. The number of fused-ring (bicyclic) bond motifs is 2. The Kier molecular flexibility index (Phi) is 1.37. The number of carbonyl (C=O) groups is 2. The standard InChI is InChI=1S/C11H17NO2/c1-8(13)12-10(2)4-5-11(12,3)7-9(14)6-10/h4-7H2,1-3H3/i4D,5D. The summed E-state index contributed by atoms with van der Waals surface area (Å²) in [6.07, 6.45) is -0.974. The predicted molar refractivity (Wildman–Crippen MR) is 52.8 cm³/mol. The van der Waals surface area contributed by atoms with Crippen LogP contribution >= 0.6 is 0 Å². The minimum absolute atomic E-state index is 0.0644. The van der Waals surface area contributed by atoms with E-state index in [1.165, 1.54) is 6.92 Å². The highest BCUT2D eigenvalue weighted by molar-refractivity contribution is 5.86. The van der Waals surface area contributed by atoms with Gasteiger partial charge in [-0.1, -0.05) is 0 Å². The van der Waals surface area contributed by atoms with Gasteiger partial charge in [0.05, 0.1) is 0 Å². The van der Waals surface area contributed by atoms with Gasteiger partial charge in [-0.05, 0) is 26.6 Å². The molecule has 2 heterocycles. The van der Waals surface area contributed by atoms with Crippen LogP contribution in [0.25, 0.3) is 0 Å². The molecule has 78 valence electrons. The Morgan fingerprint density at radius 3 is 2.14 bits per heavy atom. The first-order valence-corrected chi connectivity index (χ1v) is 4.90. The summed E-state index contributed by atoms with van der Waals surface area (Å²) in [4.78, 5) is 25.0. The summed E-state index contributed by atoms with van der Waals surface area (Å²) in [5.41, 5.74) is -1.58. The minimum Gasteiger partial charge on any atom is -0.331 e. The van der Waals surface area contributed by atoms with Crippen molar-refractivity contribution in [1.29, 1.82) is 0 Å². The van der Waals surface area contributed by atoms with Gasteiger partial charge in [-0.15, -0.1) is 0 Å². The number of amides is 1. The van der Waals surface area contributed by atoms with Gasteiger partial charge in [-0.25, -0.2) is 0 Å². The number of carbonyl (C=O) groups excluding carboxylic acids is 2. The quantitative estimate of drug-likeness (QED) is 0.590. The number of Topliss-reactive ketones (excluding diaryl/α,β-unsaturated/α-hetero) is 1. The molecule has 2 aliphatic rings. The van der Waals surface area contributed by atoms with Crippen molar-refractivity contribution in [2.75, 3.05) is 0 Å². The topological polar surface area (TPSA) is 37.4 Å². The summed E-state index contributed by atoms with van der Waals surface area (Å²) in [6.45, 7) is 4.98. The highest BCUT2D eigenvalue weighted by Gasteiger charge is 2.56. The maximum atomic E-state index is 11.7. The Hall–Kier alpha value is -0.860. The Morgan fingerprint density at radius 1 is 1.36 bits per heavy atom. The zero-order chi connectivity index (χ0) is 12.3. The molecule has 2 fully saturated rings. The summed E-state index contributed by atoms with van der Waals surface area (Å²) in [5, 5.41) is 0. The van der Waals surface area contributed by atoms with Crippen molar-refractivity contribution in [3.05, 3.63) is 0 Å². The Labute approximate surface area is 87.3 Å². The molecule has 0 saturated carbocycles. The third kappa shape index (κ3) is 1.11. The van der Waals surface area contributed by atoms with Crippen LogP contribution in [0.1, 0.15) is 49.1 Å². The summed E-state index contributed by atoms with van der Waals surface area (Å²) >= 11 is 0. The van der Waals surface area contributed by atoms with Crippen LogP contribution in [0.15, 0.2) is 0 Å². The van der Waals surface area contributed by atoms with Gasteiger partial charge in [0.25, 0.3) is 0 Å². The van der Waals surface area contributed by atoms with Crippen LogP contribution in [-0.2, 0) is 9.59 Å². The third-order valence-electron chi connectivity index (χ3n) is 3.25. The van der Waals surface area contributed by atoms with Crippen molar-refractivity contribution in [1.82, 2.24) is 4.90 Å². The molecule has 2 rings (SSSR count). The lowest BCUT2D eigenvalue weighted by Gasteiger charge is -2.47.